The largest absolute Gasteiger partial charge is 0.466 e. The smallest absolute Gasteiger partial charge is 0.307 e. The van der Waals surface area contributed by atoms with Gasteiger partial charge in [0.1, 0.15) is 0 Å². The van der Waals surface area contributed by atoms with Crippen LogP contribution in [0.4, 0.5) is 0 Å². The Balaban J connectivity index is 3.01. The number of carbonyl (C=O) groups excluding carboxylic acids is 1. The van der Waals surface area contributed by atoms with Crippen LogP contribution in [0.15, 0.2) is 0 Å². The molecule has 0 aromatic heterocycles. The number of unbranched alkanes of at least 4 members (excludes halogenated alkanes) is 12. The molecule has 0 aliphatic heterocycles. The Morgan fingerprint density at radius 2 is 1.19 bits per heavy atom. The topological polar surface area (TPSA) is 52.3 Å². The second-order valence-electron chi connectivity index (χ2n) is 6.00. The van der Waals surface area contributed by atoms with E-state index in [0.29, 0.717) is 19.6 Å². The first-order valence-electron chi connectivity index (χ1n) is 9.17. The summed E-state index contributed by atoms with van der Waals surface area (Å²) in [6.45, 7) is 3.22. The SMILES string of the molecule is CCCCCCCCCCCCCCCOC(=O)CCN. The van der Waals surface area contributed by atoms with Gasteiger partial charge in [-0.2, -0.15) is 0 Å². The van der Waals surface area contributed by atoms with Gasteiger partial charge in [0.05, 0.1) is 13.0 Å². The summed E-state index contributed by atoms with van der Waals surface area (Å²) in [6.07, 6.45) is 17.7. The average molecular weight is 299 g/mol. The van der Waals surface area contributed by atoms with E-state index in [9.17, 15) is 4.79 Å². The van der Waals surface area contributed by atoms with Crippen LogP contribution in [0.3, 0.4) is 0 Å². The van der Waals surface area contributed by atoms with Gasteiger partial charge < -0.3 is 10.5 Å². The van der Waals surface area contributed by atoms with Crippen molar-refractivity contribution in [2.75, 3.05) is 13.2 Å². The molecule has 0 bridgehead atoms. The van der Waals surface area contributed by atoms with E-state index in [2.05, 4.69) is 6.92 Å². The Morgan fingerprint density at radius 3 is 1.62 bits per heavy atom. The second-order valence-corrected chi connectivity index (χ2v) is 6.00. The zero-order valence-electron chi connectivity index (χ0n) is 14.2. The predicted molar refractivity (Wildman–Crippen MR) is 90.3 cm³/mol. The van der Waals surface area contributed by atoms with Crippen molar-refractivity contribution >= 4 is 5.97 Å². The molecule has 0 rings (SSSR count). The molecule has 0 heterocycles. The van der Waals surface area contributed by atoms with Gasteiger partial charge in [0.15, 0.2) is 0 Å². The van der Waals surface area contributed by atoms with Crippen LogP contribution < -0.4 is 5.73 Å². The van der Waals surface area contributed by atoms with Crippen LogP contribution >= 0.6 is 0 Å². The molecule has 3 nitrogen and oxygen atoms in total. The number of carbonyl (C=O) groups is 1. The Bertz CT molecular complexity index is 219. The molecule has 0 atom stereocenters. The van der Waals surface area contributed by atoms with Crippen LogP contribution in [-0.4, -0.2) is 19.1 Å². The third kappa shape index (κ3) is 17.4. The molecule has 0 fully saturated rings. The molecule has 3 heteroatoms. The monoisotopic (exact) mass is 299 g/mol. The second kappa shape index (κ2) is 17.5. The summed E-state index contributed by atoms with van der Waals surface area (Å²) in [4.78, 5) is 11.1. The fourth-order valence-corrected chi connectivity index (χ4v) is 2.50. The number of esters is 1. The Labute approximate surface area is 132 Å². The van der Waals surface area contributed by atoms with Gasteiger partial charge in [0.2, 0.25) is 0 Å². The number of nitrogens with two attached hydrogens (primary N) is 1. The molecule has 0 aromatic rings. The quantitative estimate of drug-likeness (QED) is 0.323. The molecule has 0 saturated carbocycles. The normalized spacial score (nSPS) is 10.8. The molecule has 0 aliphatic rings. The summed E-state index contributed by atoms with van der Waals surface area (Å²) in [6, 6.07) is 0. The number of hydrogen-bond acceptors (Lipinski definition) is 3. The molecule has 126 valence electrons. The molecular formula is C18H37NO2. The summed E-state index contributed by atoms with van der Waals surface area (Å²) in [5.74, 6) is -0.156. The van der Waals surface area contributed by atoms with Crippen LogP contribution in [0.5, 0.6) is 0 Å². The standard InChI is InChI=1S/C18H37NO2/c1-2-3-4-5-6-7-8-9-10-11-12-13-14-17-21-18(20)15-16-19/h2-17,19H2,1H3. The summed E-state index contributed by atoms with van der Waals surface area (Å²) >= 11 is 0. The van der Waals surface area contributed by atoms with Crippen LogP contribution in [-0.2, 0) is 9.53 Å². The first-order valence-corrected chi connectivity index (χ1v) is 9.17. The zero-order chi connectivity index (χ0) is 15.6. The Kier molecular flexibility index (Phi) is 17.0. The minimum atomic E-state index is -0.156. The van der Waals surface area contributed by atoms with Crippen molar-refractivity contribution in [1.82, 2.24) is 0 Å². The highest BCUT2D eigenvalue weighted by Gasteiger charge is 1.99. The van der Waals surface area contributed by atoms with E-state index in [4.69, 9.17) is 10.5 Å². The van der Waals surface area contributed by atoms with Crippen LogP contribution in [0.25, 0.3) is 0 Å². The molecule has 0 aromatic carbocycles. The van der Waals surface area contributed by atoms with E-state index in [1.807, 2.05) is 0 Å². The minimum absolute atomic E-state index is 0.156. The van der Waals surface area contributed by atoms with Gasteiger partial charge in [-0.25, -0.2) is 0 Å². The summed E-state index contributed by atoms with van der Waals surface area (Å²) in [5, 5.41) is 0. The molecule has 0 radical (unpaired) electrons. The van der Waals surface area contributed by atoms with Crippen molar-refractivity contribution < 1.29 is 9.53 Å². The lowest BCUT2D eigenvalue weighted by Crippen LogP contribution is -2.11. The lowest BCUT2D eigenvalue weighted by molar-refractivity contribution is -0.143. The van der Waals surface area contributed by atoms with Crippen molar-refractivity contribution in [3.8, 4) is 0 Å². The van der Waals surface area contributed by atoms with Gasteiger partial charge in [-0.3, -0.25) is 4.79 Å². The molecule has 21 heavy (non-hydrogen) atoms. The number of hydrogen-bond donors (Lipinski definition) is 1. The highest BCUT2D eigenvalue weighted by molar-refractivity contribution is 5.69. The van der Waals surface area contributed by atoms with E-state index < -0.39 is 0 Å². The van der Waals surface area contributed by atoms with Gasteiger partial charge in [-0.1, -0.05) is 84.0 Å². The minimum Gasteiger partial charge on any atom is -0.466 e. The Hall–Kier alpha value is -0.570. The van der Waals surface area contributed by atoms with Crippen molar-refractivity contribution in [3.63, 3.8) is 0 Å². The summed E-state index contributed by atoms with van der Waals surface area (Å²) < 4.78 is 5.06. The highest BCUT2D eigenvalue weighted by atomic mass is 16.5. The van der Waals surface area contributed by atoms with E-state index in [1.165, 1.54) is 77.0 Å². The molecule has 2 N–H and O–H groups in total. The lowest BCUT2D eigenvalue weighted by Gasteiger charge is -2.04. The van der Waals surface area contributed by atoms with Gasteiger partial charge >= 0.3 is 5.97 Å². The summed E-state index contributed by atoms with van der Waals surface area (Å²) in [5.41, 5.74) is 5.28. The van der Waals surface area contributed by atoms with E-state index in [0.717, 1.165) is 6.42 Å². The van der Waals surface area contributed by atoms with E-state index in [-0.39, 0.29) is 5.97 Å². The fraction of sp³-hybridized carbons (Fsp3) is 0.944. The van der Waals surface area contributed by atoms with Crippen LogP contribution in [0, 0.1) is 0 Å². The average Bonchev–Trinajstić information content (AvgIpc) is 2.48. The molecule has 0 amide bonds. The molecule has 0 aliphatic carbocycles. The molecule has 0 unspecified atom stereocenters. The van der Waals surface area contributed by atoms with Crippen molar-refractivity contribution in [3.05, 3.63) is 0 Å². The van der Waals surface area contributed by atoms with Gasteiger partial charge in [-0.15, -0.1) is 0 Å². The van der Waals surface area contributed by atoms with Gasteiger partial charge in [-0.05, 0) is 6.42 Å². The van der Waals surface area contributed by atoms with Crippen LogP contribution in [0.1, 0.15) is 96.8 Å². The Morgan fingerprint density at radius 1 is 0.762 bits per heavy atom. The van der Waals surface area contributed by atoms with Crippen molar-refractivity contribution in [2.45, 2.75) is 96.8 Å². The predicted octanol–water partition coefficient (Wildman–Crippen LogP) is 4.97. The maximum atomic E-state index is 11.1. The van der Waals surface area contributed by atoms with Crippen molar-refractivity contribution in [2.24, 2.45) is 5.73 Å². The first-order chi connectivity index (χ1) is 10.3. The molecule has 0 spiro atoms. The molecule has 0 saturated heterocycles. The van der Waals surface area contributed by atoms with E-state index >= 15 is 0 Å². The lowest BCUT2D eigenvalue weighted by atomic mass is 10.0. The third-order valence-corrected chi connectivity index (χ3v) is 3.86. The first kappa shape index (κ1) is 20.4. The third-order valence-electron chi connectivity index (χ3n) is 3.86. The zero-order valence-corrected chi connectivity index (χ0v) is 14.2. The van der Waals surface area contributed by atoms with Gasteiger partial charge in [0, 0.05) is 6.54 Å². The summed E-state index contributed by atoms with van der Waals surface area (Å²) in [7, 11) is 0. The molecular weight excluding hydrogens is 262 g/mol. The van der Waals surface area contributed by atoms with Crippen LogP contribution in [0.2, 0.25) is 0 Å². The maximum Gasteiger partial charge on any atom is 0.307 e. The number of rotatable bonds is 16. The maximum absolute atomic E-state index is 11.1. The van der Waals surface area contributed by atoms with E-state index in [1.54, 1.807) is 0 Å². The van der Waals surface area contributed by atoms with Gasteiger partial charge in [0.25, 0.3) is 0 Å². The highest BCUT2D eigenvalue weighted by Crippen LogP contribution is 2.12. The number of ether oxygens (including phenoxy) is 1. The fourth-order valence-electron chi connectivity index (χ4n) is 2.50. The van der Waals surface area contributed by atoms with Crippen molar-refractivity contribution in [1.29, 1.82) is 0 Å².